The van der Waals surface area contributed by atoms with Crippen molar-refractivity contribution in [3.63, 3.8) is 0 Å². The molecule has 0 amide bonds. The molecule has 4 N–H and O–H groups in total. The highest BCUT2D eigenvalue weighted by Gasteiger charge is 2.19. The van der Waals surface area contributed by atoms with Crippen LogP contribution in [0.1, 0.15) is 31.4 Å². The minimum Gasteiger partial charge on any atom is -0.330 e. The van der Waals surface area contributed by atoms with Crippen molar-refractivity contribution in [2.75, 3.05) is 13.1 Å². The molecule has 1 aliphatic rings. The highest BCUT2D eigenvalue weighted by Crippen LogP contribution is 2.27. The summed E-state index contributed by atoms with van der Waals surface area (Å²) in [6.45, 7) is 2.79. The average Bonchev–Trinajstić information content (AvgIpc) is 3.24. The van der Waals surface area contributed by atoms with Crippen LogP contribution in [0.3, 0.4) is 0 Å². The van der Waals surface area contributed by atoms with E-state index in [1.807, 2.05) is 42.6 Å². The van der Waals surface area contributed by atoms with Gasteiger partial charge in [-0.15, -0.1) is 0 Å². The van der Waals surface area contributed by atoms with Crippen LogP contribution >= 0.6 is 11.6 Å². The van der Waals surface area contributed by atoms with Crippen molar-refractivity contribution in [3.8, 4) is 11.1 Å². The van der Waals surface area contributed by atoms with Crippen LogP contribution in [0.15, 0.2) is 66.9 Å². The number of nitrogens with zero attached hydrogens (tertiary/aromatic N) is 1. The van der Waals surface area contributed by atoms with Crippen LogP contribution in [0.2, 0.25) is 5.02 Å². The van der Waals surface area contributed by atoms with Crippen LogP contribution in [-0.2, 0) is 6.54 Å². The summed E-state index contributed by atoms with van der Waals surface area (Å²) in [5, 5.41) is 11.7. The van der Waals surface area contributed by atoms with Gasteiger partial charge in [0.15, 0.2) is 0 Å². The van der Waals surface area contributed by atoms with Gasteiger partial charge in [-0.3, -0.25) is 5.10 Å². The zero-order valence-electron chi connectivity index (χ0n) is 16.9. The van der Waals surface area contributed by atoms with Crippen LogP contribution in [-0.4, -0.2) is 23.3 Å². The number of aromatic amines is 1. The van der Waals surface area contributed by atoms with Crippen LogP contribution in [0.5, 0.6) is 0 Å². The van der Waals surface area contributed by atoms with Gasteiger partial charge in [0, 0.05) is 17.1 Å². The van der Waals surface area contributed by atoms with Gasteiger partial charge >= 0.3 is 0 Å². The summed E-state index contributed by atoms with van der Waals surface area (Å²) in [6, 6.07) is 19.9. The summed E-state index contributed by atoms with van der Waals surface area (Å²) < 4.78 is 0. The molecule has 0 aliphatic heterocycles. The van der Waals surface area contributed by atoms with Crippen LogP contribution in [0.4, 0.5) is 0 Å². The van der Waals surface area contributed by atoms with Gasteiger partial charge in [-0.05, 0) is 68.3 Å². The standard InChI is InChI=1S/C18H26N4.C6H5Cl/c19-10-14-6-8-15(9-7-14)11-20-13-18-17(12-21-22-18)16-4-2-1-3-5-16;7-6-4-2-1-3-5-6/h1-5,12,14-15,20H,6-11,13,19H2,(H,21,22);1-5H. The van der Waals surface area contributed by atoms with E-state index >= 15 is 0 Å². The smallest absolute Gasteiger partial charge is 0.0569 e. The summed E-state index contributed by atoms with van der Waals surface area (Å²) in [6.07, 6.45) is 7.12. The Morgan fingerprint density at radius 2 is 1.55 bits per heavy atom. The summed E-state index contributed by atoms with van der Waals surface area (Å²) in [5.74, 6) is 1.56. The number of hydrogen-bond donors (Lipinski definition) is 3. The lowest BCUT2D eigenvalue weighted by Gasteiger charge is -2.27. The van der Waals surface area contributed by atoms with Crippen molar-refractivity contribution in [1.82, 2.24) is 15.5 Å². The molecular weight excluding hydrogens is 380 g/mol. The van der Waals surface area contributed by atoms with Crippen molar-refractivity contribution >= 4 is 11.6 Å². The van der Waals surface area contributed by atoms with E-state index in [0.717, 1.165) is 36.5 Å². The number of H-pyrrole nitrogens is 1. The van der Waals surface area contributed by atoms with E-state index in [1.165, 1.54) is 42.5 Å². The van der Waals surface area contributed by atoms with Crippen molar-refractivity contribution < 1.29 is 0 Å². The van der Waals surface area contributed by atoms with E-state index < -0.39 is 0 Å². The Hall–Kier alpha value is -2.14. The number of rotatable bonds is 6. The predicted octanol–water partition coefficient (Wildman–Crippen LogP) is 5.27. The van der Waals surface area contributed by atoms with Crippen molar-refractivity contribution in [3.05, 3.63) is 77.6 Å². The van der Waals surface area contributed by atoms with E-state index in [0.29, 0.717) is 0 Å². The van der Waals surface area contributed by atoms with Gasteiger partial charge in [0.05, 0.1) is 11.9 Å². The molecule has 5 heteroatoms. The summed E-state index contributed by atoms with van der Waals surface area (Å²) in [5.41, 5.74) is 9.34. The van der Waals surface area contributed by atoms with Crippen molar-refractivity contribution in [2.45, 2.75) is 32.2 Å². The monoisotopic (exact) mass is 410 g/mol. The third-order valence-electron chi connectivity index (χ3n) is 5.57. The quantitative estimate of drug-likeness (QED) is 0.518. The molecule has 3 aromatic rings. The molecule has 0 bridgehead atoms. The van der Waals surface area contributed by atoms with E-state index in [4.69, 9.17) is 17.3 Å². The molecule has 0 atom stereocenters. The molecule has 0 radical (unpaired) electrons. The van der Waals surface area contributed by atoms with Gasteiger partial charge in [0.2, 0.25) is 0 Å². The molecule has 1 aromatic heterocycles. The van der Waals surface area contributed by atoms with Gasteiger partial charge < -0.3 is 11.1 Å². The van der Waals surface area contributed by atoms with Gasteiger partial charge in [-0.1, -0.05) is 60.1 Å². The fraction of sp³-hybridized carbons (Fsp3) is 0.375. The molecule has 0 spiro atoms. The third kappa shape index (κ3) is 7.00. The first-order valence-corrected chi connectivity index (χ1v) is 10.8. The molecular formula is C24H31ClN4. The molecule has 4 rings (SSSR count). The molecule has 2 aromatic carbocycles. The van der Waals surface area contributed by atoms with Crippen LogP contribution in [0.25, 0.3) is 11.1 Å². The number of halogens is 1. The topological polar surface area (TPSA) is 66.7 Å². The van der Waals surface area contributed by atoms with E-state index in [9.17, 15) is 0 Å². The Morgan fingerprint density at radius 1 is 0.931 bits per heavy atom. The lowest BCUT2D eigenvalue weighted by atomic mass is 9.82. The molecule has 0 saturated heterocycles. The summed E-state index contributed by atoms with van der Waals surface area (Å²) in [4.78, 5) is 0. The minimum absolute atomic E-state index is 0.758. The Labute approximate surface area is 178 Å². The highest BCUT2D eigenvalue weighted by atomic mass is 35.5. The lowest BCUT2D eigenvalue weighted by Crippen LogP contribution is -2.28. The first-order valence-electron chi connectivity index (χ1n) is 10.4. The molecule has 1 fully saturated rings. The number of nitrogens with one attached hydrogen (secondary N) is 2. The number of hydrogen-bond acceptors (Lipinski definition) is 3. The second-order valence-corrected chi connectivity index (χ2v) is 8.11. The first-order chi connectivity index (χ1) is 14.3. The SMILES string of the molecule is Clc1ccccc1.NCC1CCC(CNCc2[nH]ncc2-c2ccccc2)CC1. The Kier molecular flexibility index (Phi) is 8.75. The molecule has 1 heterocycles. The maximum Gasteiger partial charge on any atom is 0.0569 e. The second kappa shape index (κ2) is 11.8. The highest BCUT2D eigenvalue weighted by molar-refractivity contribution is 6.30. The van der Waals surface area contributed by atoms with E-state index in [-0.39, 0.29) is 0 Å². The van der Waals surface area contributed by atoms with Crippen LogP contribution < -0.4 is 11.1 Å². The Bertz CT molecular complexity index is 811. The number of aromatic nitrogens is 2. The molecule has 1 aliphatic carbocycles. The van der Waals surface area contributed by atoms with Gasteiger partial charge in [0.1, 0.15) is 0 Å². The van der Waals surface area contributed by atoms with Crippen LogP contribution in [0, 0.1) is 11.8 Å². The minimum atomic E-state index is 0.758. The average molecular weight is 411 g/mol. The normalized spacial score (nSPS) is 18.7. The number of nitrogens with two attached hydrogens (primary N) is 1. The zero-order valence-corrected chi connectivity index (χ0v) is 17.6. The van der Waals surface area contributed by atoms with E-state index in [1.54, 1.807) is 0 Å². The number of benzene rings is 2. The Balaban J connectivity index is 0.000000290. The molecule has 154 valence electrons. The van der Waals surface area contributed by atoms with Gasteiger partial charge in [0.25, 0.3) is 0 Å². The van der Waals surface area contributed by atoms with Gasteiger partial charge in [-0.2, -0.15) is 5.10 Å². The third-order valence-corrected chi connectivity index (χ3v) is 5.82. The Morgan fingerprint density at radius 3 is 2.14 bits per heavy atom. The fourth-order valence-corrected chi connectivity index (χ4v) is 3.95. The maximum atomic E-state index is 5.76. The summed E-state index contributed by atoms with van der Waals surface area (Å²) in [7, 11) is 0. The zero-order chi connectivity index (χ0) is 20.3. The van der Waals surface area contributed by atoms with Gasteiger partial charge in [-0.25, -0.2) is 0 Å². The van der Waals surface area contributed by atoms with E-state index in [2.05, 4.69) is 39.8 Å². The molecule has 1 saturated carbocycles. The molecule has 0 unspecified atom stereocenters. The molecule has 4 nitrogen and oxygen atoms in total. The molecule has 29 heavy (non-hydrogen) atoms. The summed E-state index contributed by atoms with van der Waals surface area (Å²) >= 11 is 5.54. The predicted molar refractivity (Wildman–Crippen MR) is 122 cm³/mol. The first kappa shape index (κ1) is 21.6. The lowest BCUT2D eigenvalue weighted by molar-refractivity contribution is 0.272. The van der Waals surface area contributed by atoms with Crippen molar-refractivity contribution in [2.24, 2.45) is 17.6 Å². The largest absolute Gasteiger partial charge is 0.330 e. The van der Waals surface area contributed by atoms with Crippen molar-refractivity contribution in [1.29, 1.82) is 0 Å². The maximum absolute atomic E-state index is 5.76. The second-order valence-electron chi connectivity index (χ2n) is 7.68. The fourth-order valence-electron chi connectivity index (χ4n) is 3.80.